The molecule has 3 nitrogen and oxygen atoms in total. The number of hydrogen-bond acceptors (Lipinski definition) is 3. The van der Waals surface area contributed by atoms with Gasteiger partial charge in [-0.25, -0.2) is 10.0 Å². The average Bonchev–Trinajstić information content (AvgIpc) is 2.04. The second kappa shape index (κ2) is 3.46. The van der Waals surface area contributed by atoms with Gasteiger partial charge in [-0.15, -0.1) is 0 Å². The minimum atomic E-state index is -0.582. The van der Waals surface area contributed by atoms with Crippen molar-refractivity contribution in [3.05, 3.63) is 0 Å². The minimum absolute atomic E-state index is 0.582. The van der Waals surface area contributed by atoms with Gasteiger partial charge in [0, 0.05) is 49.5 Å². The normalized spacial score (nSPS) is 26.6. The molecule has 4 heteroatoms. The molecule has 10 heavy (non-hydrogen) atoms. The minimum Gasteiger partial charge on any atom is -0.259 e. The summed E-state index contributed by atoms with van der Waals surface area (Å²) in [6.07, 6.45) is 0. The molecular formula is C6H14N2OS. The van der Waals surface area contributed by atoms with Crippen molar-refractivity contribution in [2.24, 2.45) is 0 Å². The van der Waals surface area contributed by atoms with Gasteiger partial charge in [0.2, 0.25) is 0 Å². The Balaban J connectivity index is 2.46. The van der Waals surface area contributed by atoms with Gasteiger partial charge in [0.15, 0.2) is 0 Å². The molecule has 60 valence electrons. The zero-order valence-corrected chi connectivity index (χ0v) is 7.36. The first-order chi connectivity index (χ1) is 4.70. The van der Waals surface area contributed by atoms with E-state index in [1.165, 1.54) is 0 Å². The molecule has 1 fully saturated rings. The van der Waals surface area contributed by atoms with Gasteiger partial charge in [0.1, 0.15) is 0 Å². The third kappa shape index (κ3) is 2.04. The summed E-state index contributed by atoms with van der Waals surface area (Å²) >= 11 is 0. The van der Waals surface area contributed by atoms with Crippen LogP contribution >= 0.6 is 0 Å². The van der Waals surface area contributed by atoms with Crippen molar-refractivity contribution in [3.8, 4) is 0 Å². The van der Waals surface area contributed by atoms with Crippen molar-refractivity contribution >= 4 is 10.8 Å². The molecule has 0 aromatic heterocycles. The second-order valence-electron chi connectivity index (χ2n) is 2.61. The van der Waals surface area contributed by atoms with Crippen LogP contribution in [0.5, 0.6) is 0 Å². The van der Waals surface area contributed by atoms with E-state index in [0.717, 1.165) is 24.6 Å². The van der Waals surface area contributed by atoms with Gasteiger partial charge < -0.3 is 0 Å². The van der Waals surface area contributed by atoms with Crippen LogP contribution in [-0.4, -0.2) is 52.9 Å². The van der Waals surface area contributed by atoms with Gasteiger partial charge in [-0.05, 0) is 0 Å². The SMILES string of the molecule is CN1CCS(=O)CCN1C. The quantitative estimate of drug-likeness (QED) is 0.481. The molecule has 0 aliphatic carbocycles. The van der Waals surface area contributed by atoms with Crippen LogP contribution in [0.1, 0.15) is 0 Å². The van der Waals surface area contributed by atoms with Crippen LogP contribution in [0, 0.1) is 0 Å². The van der Waals surface area contributed by atoms with Gasteiger partial charge in [-0.2, -0.15) is 0 Å². The van der Waals surface area contributed by atoms with Gasteiger partial charge in [0.25, 0.3) is 0 Å². The Bertz CT molecular complexity index is 126. The van der Waals surface area contributed by atoms with Gasteiger partial charge >= 0.3 is 0 Å². The molecule has 1 aliphatic heterocycles. The van der Waals surface area contributed by atoms with Crippen molar-refractivity contribution in [3.63, 3.8) is 0 Å². The molecule has 0 spiro atoms. The lowest BCUT2D eigenvalue weighted by atomic mass is 10.7. The van der Waals surface area contributed by atoms with E-state index in [1.54, 1.807) is 0 Å². The molecule has 0 saturated carbocycles. The van der Waals surface area contributed by atoms with Crippen LogP contribution in [0.3, 0.4) is 0 Å². The summed E-state index contributed by atoms with van der Waals surface area (Å²) in [4.78, 5) is 0. The highest BCUT2D eigenvalue weighted by molar-refractivity contribution is 7.85. The molecule has 1 aliphatic rings. The number of hydrazine groups is 1. The lowest BCUT2D eigenvalue weighted by molar-refractivity contribution is 0.0439. The van der Waals surface area contributed by atoms with E-state index in [4.69, 9.17) is 0 Å². The molecule has 0 radical (unpaired) electrons. The lowest BCUT2D eigenvalue weighted by Crippen LogP contribution is -2.37. The smallest absolute Gasteiger partial charge is 0.0377 e. The van der Waals surface area contributed by atoms with Crippen molar-refractivity contribution in [2.75, 3.05) is 38.7 Å². The lowest BCUT2D eigenvalue weighted by Gasteiger charge is -2.24. The standard InChI is InChI=1S/C6H14N2OS/c1-7-3-5-10(9)6-4-8(7)2/h3-6H2,1-2H3. The Morgan fingerprint density at radius 1 is 1.10 bits per heavy atom. The molecule has 0 amide bonds. The fourth-order valence-corrected chi connectivity index (χ4v) is 2.05. The van der Waals surface area contributed by atoms with E-state index in [1.807, 2.05) is 14.1 Å². The zero-order valence-electron chi connectivity index (χ0n) is 6.54. The maximum atomic E-state index is 11.0. The van der Waals surface area contributed by atoms with Crippen LogP contribution in [-0.2, 0) is 10.8 Å². The van der Waals surface area contributed by atoms with Gasteiger partial charge in [-0.3, -0.25) is 4.21 Å². The average molecular weight is 162 g/mol. The van der Waals surface area contributed by atoms with E-state index in [0.29, 0.717) is 0 Å². The molecule has 1 heterocycles. The van der Waals surface area contributed by atoms with Crippen LogP contribution < -0.4 is 0 Å². The Morgan fingerprint density at radius 3 is 1.90 bits per heavy atom. The van der Waals surface area contributed by atoms with Crippen LogP contribution in [0.4, 0.5) is 0 Å². The largest absolute Gasteiger partial charge is 0.259 e. The maximum Gasteiger partial charge on any atom is 0.0377 e. The first kappa shape index (κ1) is 8.17. The Labute approximate surface area is 64.4 Å². The molecule has 0 N–H and O–H groups in total. The van der Waals surface area contributed by atoms with E-state index < -0.39 is 10.8 Å². The van der Waals surface area contributed by atoms with Crippen LogP contribution in [0.25, 0.3) is 0 Å². The number of rotatable bonds is 0. The van der Waals surface area contributed by atoms with E-state index in [-0.39, 0.29) is 0 Å². The van der Waals surface area contributed by atoms with Crippen molar-refractivity contribution in [2.45, 2.75) is 0 Å². The van der Waals surface area contributed by atoms with Crippen molar-refractivity contribution in [1.29, 1.82) is 0 Å². The van der Waals surface area contributed by atoms with Crippen LogP contribution in [0.15, 0.2) is 0 Å². The Hall–Kier alpha value is 0.0700. The zero-order chi connectivity index (χ0) is 7.56. The summed E-state index contributed by atoms with van der Waals surface area (Å²) < 4.78 is 11.0. The Kier molecular flexibility index (Phi) is 2.82. The van der Waals surface area contributed by atoms with Crippen molar-refractivity contribution < 1.29 is 4.21 Å². The summed E-state index contributed by atoms with van der Waals surface area (Å²) in [6, 6.07) is 0. The van der Waals surface area contributed by atoms with Gasteiger partial charge in [0.05, 0.1) is 0 Å². The monoisotopic (exact) mass is 162 g/mol. The third-order valence-electron chi connectivity index (χ3n) is 1.87. The van der Waals surface area contributed by atoms with E-state index >= 15 is 0 Å². The highest BCUT2D eigenvalue weighted by atomic mass is 32.2. The Morgan fingerprint density at radius 2 is 1.50 bits per heavy atom. The molecule has 0 aromatic carbocycles. The summed E-state index contributed by atoms with van der Waals surface area (Å²) in [6.45, 7) is 1.84. The van der Waals surface area contributed by atoms with Crippen LogP contribution in [0.2, 0.25) is 0 Å². The van der Waals surface area contributed by atoms with E-state index in [2.05, 4.69) is 10.0 Å². The molecule has 0 unspecified atom stereocenters. The first-order valence-corrected chi connectivity index (χ1v) is 4.96. The molecule has 1 saturated heterocycles. The van der Waals surface area contributed by atoms with E-state index in [9.17, 15) is 4.21 Å². The molecule has 0 atom stereocenters. The predicted octanol–water partition coefficient (Wildman–Crippen LogP) is -0.473. The highest BCUT2D eigenvalue weighted by Gasteiger charge is 2.13. The molecule has 0 bridgehead atoms. The van der Waals surface area contributed by atoms with Gasteiger partial charge in [-0.1, -0.05) is 0 Å². The highest BCUT2D eigenvalue weighted by Crippen LogP contribution is 1.98. The summed E-state index contributed by atoms with van der Waals surface area (Å²) in [5, 5.41) is 4.23. The molecular weight excluding hydrogens is 148 g/mol. The third-order valence-corrected chi connectivity index (χ3v) is 3.14. The summed E-state index contributed by atoms with van der Waals surface area (Å²) in [5.74, 6) is 1.64. The summed E-state index contributed by atoms with van der Waals surface area (Å²) in [5.41, 5.74) is 0. The summed E-state index contributed by atoms with van der Waals surface area (Å²) in [7, 11) is 3.48. The fraction of sp³-hybridized carbons (Fsp3) is 1.00. The fourth-order valence-electron chi connectivity index (χ4n) is 0.911. The molecule has 0 aromatic rings. The topological polar surface area (TPSA) is 23.6 Å². The predicted molar refractivity (Wildman–Crippen MR) is 43.1 cm³/mol. The maximum absolute atomic E-state index is 11.0. The molecule has 1 rings (SSSR count). The second-order valence-corrected chi connectivity index (χ2v) is 4.31. The first-order valence-electron chi connectivity index (χ1n) is 3.47. The van der Waals surface area contributed by atoms with Crippen molar-refractivity contribution in [1.82, 2.24) is 10.0 Å². The number of nitrogens with zero attached hydrogens (tertiary/aromatic N) is 2. The number of hydrogen-bond donors (Lipinski definition) is 0.